The van der Waals surface area contributed by atoms with Gasteiger partial charge in [-0.25, -0.2) is 0 Å². The highest BCUT2D eigenvalue weighted by molar-refractivity contribution is 5.70. The van der Waals surface area contributed by atoms with Crippen LogP contribution in [0.2, 0.25) is 0 Å². The Balaban J connectivity index is -0.0000000657. The van der Waals surface area contributed by atoms with Crippen molar-refractivity contribution in [2.45, 2.75) is 27.7 Å². The Morgan fingerprint density at radius 1 is 0.583 bits per heavy atom. The van der Waals surface area contributed by atoms with Gasteiger partial charge in [0.05, 0.1) is 13.2 Å². The van der Waals surface area contributed by atoms with Gasteiger partial charge in [0.15, 0.2) is 0 Å². The first kappa shape index (κ1) is 33.0. The molecule has 0 atom stereocenters. The van der Waals surface area contributed by atoms with E-state index in [4.69, 9.17) is 54.9 Å². The molecule has 0 radical (unpaired) electrons. The summed E-state index contributed by atoms with van der Waals surface area (Å²) in [6, 6.07) is 0. The predicted octanol–water partition coefficient (Wildman–Crippen LogP) is -0.965. The Morgan fingerprint density at radius 2 is 0.708 bits per heavy atom. The average Bonchev–Trinajstić information content (AvgIpc) is 2.26. The fourth-order valence-corrected chi connectivity index (χ4v) is 0.214. The molecule has 24 heavy (non-hydrogen) atoms. The lowest BCUT2D eigenvalue weighted by molar-refractivity contribution is -0.144. The molecule has 0 rings (SSSR count). The summed E-state index contributed by atoms with van der Waals surface area (Å²) in [4.78, 5) is 45.8. The summed E-state index contributed by atoms with van der Waals surface area (Å²) in [5.41, 5.74) is 0. The van der Waals surface area contributed by atoms with E-state index in [1.807, 2.05) is 0 Å². The average molecular weight is 360 g/mol. The molecule has 0 aromatic heterocycles. The van der Waals surface area contributed by atoms with Gasteiger partial charge in [-0.2, -0.15) is 0 Å². The van der Waals surface area contributed by atoms with Crippen LogP contribution in [0.1, 0.15) is 27.7 Å². The summed E-state index contributed by atoms with van der Waals surface area (Å²) in [5, 5.41) is 54.0. The van der Waals surface area contributed by atoms with Gasteiger partial charge in [0.1, 0.15) is 5.92 Å². The molecular weight excluding hydrogens is 336 g/mol. The van der Waals surface area contributed by atoms with E-state index in [9.17, 15) is 4.79 Å². The molecule has 0 bridgehead atoms. The van der Waals surface area contributed by atoms with Crippen LogP contribution >= 0.6 is 0 Å². The molecular formula is C12H24O12. The number of hydrogen-bond donors (Lipinski definition) is 7. The van der Waals surface area contributed by atoms with Crippen LogP contribution in [-0.4, -0.2) is 78.8 Å². The number of aliphatic hydroxyl groups is 2. The lowest BCUT2D eigenvalue weighted by Crippen LogP contribution is -2.21. The Bertz CT molecular complexity index is 295. The van der Waals surface area contributed by atoms with Crippen molar-refractivity contribution in [1.82, 2.24) is 0 Å². The molecule has 0 aromatic rings. The molecule has 12 heteroatoms. The molecule has 12 nitrogen and oxygen atoms in total. The lowest BCUT2D eigenvalue weighted by Gasteiger charge is -2.01. The lowest BCUT2D eigenvalue weighted by atomic mass is 10.2. The zero-order valence-corrected chi connectivity index (χ0v) is 13.7. The summed E-state index contributed by atoms with van der Waals surface area (Å²) < 4.78 is 0. The topological polar surface area (TPSA) is 227 Å². The second-order valence-electron chi connectivity index (χ2n) is 3.48. The van der Waals surface area contributed by atoms with Crippen LogP contribution in [0.3, 0.4) is 0 Å². The molecule has 0 aliphatic carbocycles. The number of carbonyl (C=O) groups is 5. The third-order valence-corrected chi connectivity index (χ3v) is 0.790. The van der Waals surface area contributed by atoms with Crippen molar-refractivity contribution in [2.24, 2.45) is 5.92 Å². The maximum absolute atomic E-state index is 9.84. The first-order valence-electron chi connectivity index (χ1n) is 5.88. The zero-order valence-electron chi connectivity index (χ0n) is 13.7. The SMILES string of the molecule is CC(=O)O.CC(=O)O.CC(=O)O.CC(=O)O.O=C(O)C(CO)CO. The van der Waals surface area contributed by atoms with Gasteiger partial charge in [0.2, 0.25) is 0 Å². The normalized spacial score (nSPS) is 7.46. The van der Waals surface area contributed by atoms with Gasteiger partial charge in [0, 0.05) is 27.7 Å². The van der Waals surface area contributed by atoms with Gasteiger partial charge in [-0.3, -0.25) is 24.0 Å². The monoisotopic (exact) mass is 360 g/mol. The van der Waals surface area contributed by atoms with Crippen LogP contribution < -0.4 is 0 Å². The Morgan fingerprint density at radius 3 is 0.708 bits per heavy atom. The van der Waals surface area contributed by atoms with Crippen molar-refractivity contribution >= 4 is 29.8 Å². The summed E-state index contributed by atoms with van der Waals surface area (Å²) in [7, 11) is 0. The maximum atomic E-state index is 9.84. The van der Waals surface area contributed by atoms with E-state index < -0.39 is 49.0 Å². The summed E-state index contributed by atoms with van der Waals surface area (Å²) in [6.45, 7) is 3.32. The minimum atomic E-state index is -1.17. The van der Waals surface area contributed by atoms with Gasteiger partial charge in [0.25, 0.3) is 23.9 Å². The first-order valence-corrected chi connectivity index (χ1v) is 5.88. The molecule has 0 amide bonds. The highest BCUT2D eigenvalue weighted by Crippen LogP contribution is 1.90. The van der Waals surface area contributed by atoms with Crippen LogP contribution in [0, 0.1) is 5.92 Å². The molecule has 0 unspecified atom stereocenters. The van der Waals surface area contributed by atoms with E-state index in [1.165, 1.54) is 0 Å². The number of carboxylic acid groups (broad SMARTS) is 5. The minimum absolute atomic E-state index is 0.508. The minimum Gasteiger partial charge on any atom is -0.481 e. The van der Waals surface area contributed by atoms with Crippen LogP contribution in [0.15, 0.2) is 0 Å². The van der Waals surface area contributed by atoms with Crippen molar-refractivity contribution < 1.29 is 59.7 Å². The van der Waals surface area contributed by atoms with Gasteiger partial charge in [-0.15, -0.1) is 0 Å². The van der Waals surface area contributed by atoms with Crippen molar-refractivity contribution in [2.75, 3.05) is 13.2 Å². The summed E-state index contributed by atoms with van der Waals surface area (Å²) >= 11 is 0. The van der Waals surface area contributed by atoms with Crippen molar-refractivity contribution in [1.29, 1.82) is 0 Å². The fraction of sp³-hybridized carbons (Fsp3) is 0.583. The van der Waals surface area contributed by atoms with E-state index >= 15 is 0 Å². The molecule has 0 fully saturated rings. The standard InChI is InChI=1S/C4H8O4.4C2H4O2/c5-1-3(2-6)4(7)8;4*1-2(3)4/h3,5-6H,1-2H2,(H,7,8);4*1H3,(H,3,4). The molecule has 0 aromatic carbocycles. The molecule has 0 heterocycles. The van der Waals surface area contributed by atoms with Gasteiger partial charge in [-0.1, -0.05) is 0 Å². The fourth-order valence-electron chi connectivity index (χ4n) is 0.214. The predicted molar refractivity (Wildman–Crippen MR) is 78.5 cm³/mol. The smallest absolute Gasteiger partial charge is 0.311 e. The maximum Gasteiger partial charge on any atom is 0.311 e. The molecule has 144 valence electrons. The molecule has 0 saturated carbocycles. The number of hydrogen-bond acceptors (Lipinski definition) is 7. The highest BCUT2D eigenvalue weighted by atomic mass is 16.4. The van der Waals surface area contributed by atoms with Gasteiger partial charge < -0.3 is 35.7 Å². The first-order chi connectivity index (χ1) is 10.6. The quantitative estimate of drug-likeness (QED) is 0.322. The Kier molecular flexibility index (Phi) is 34.7. The van der Waals surface area contributed by atoms with Gasteiger partial charge >= 0.3 is 5.97 Å². The molecule has 7 N–H and O–H groups in total. The van der Waals surface area contributed by atoms with Crippen LogP contribution in [0.4, 0.5) is 0 Å². The number of aliphatic carboxylic acids is 5. The number of rotatable bonds is 3. The van der Waals surface area contributed by atoms with Crippen LogP contribution in [-0.2, 0) is 24.0 Å². The highest BCUT2D eigenvalue weighted by Gasteiger charge is 2.13. The second-order valence-corrected chi connectivity index (χ2v) is 3.48. The van der Waals surface area contributed by atoms with Gasteiger partial charge in [-0.05, 0) is 0 Å². The molecule has 0 aliphatic heterocycles. The molecule has 0 aliphatic rings. The summed E-state index contributed by atoms with van der Waals surface area (Å²) in [5.74, 6) is -5.52. The zero-order chi connectivity index (χ0) is 20.9. The number of aliphatic hydroxyl groups excluding tert-OH is 2. The Hall–Kier alpha value is -2.73. The number of carboxylic acids is 5. The van der Waals surface area contributed by atoms with Crippen LogP contribution in [0.25, 0.3) is 0 Å². The van der Waals surface area contributed by atoms with Crippen molar-refractivity contribution in [3.63, 3.8) is 0 Å². The van der Waals surface area contributed by atoms with E-state index in [0.717, 1.165) is 27.7 Å². The molecule has 0 spiro atoms. The Labute approximate surface area is 137 Å². The van der Waals surface area contributed by atoms with E-state index in [2.05, 4.69) is 0 Å². The van der Waals surface area contributed by atoms with E-state index in [0.29, 0.717) is 0 Å². The second kappa shape index (κ2) is 25.2. The largest absolute Gasteiger partial charge is 0.481 e. The summed E-state index contributed by atoms with van der Waals surface area (Å²) in [6.07, 6.45) is 0. The van der Waals surface area contributed by atoms with Crippen molar-refractivity contribution in [3.05, 3.63) is 0 Å². The van der Waals surface area contributed by atoms with E-state index in [1.54, 1.807) is 0 Å². The third-order valence-electron chi connectivity index (χ3n) is 0.790. The van der Waals surface area contributed by atoms with Crippen molar-refractivity contribution in [3.8, 4) is 0 Å². The third kappa shape index (κ3) is 232. The van der Waals surface area contributed by atoms with Crippen LogP contribution in [0.5, 0.6) is 0 Å². The molecule has 0 saturated heterocycles. The van der Waals surface area contributed by atoms with E-state index in [-0.39, 0.29) is 0 Å².